The molecule has 4 unspecified atom stereocenters. The van der Waals surface area contributed by atoms with Crippen molar-refractivity contribution in [1.29, 1.82) is 0 Å². The average molecular weight is 522 g/mol. The van der Waals surface area contributed by atoms with Crippen molar-refractivity contribution in [2.75, 3.05) is 12.4 Å². The summed E-state index contributed by atoms with van der Waals surface area (Å²) < 4.78 is 0. The minimum atomic E-state index is -0.928. The molecule has 0 radical (unpaired) electrons. The van der Waals surface area contributed by atoms with E-state index in [0.29, 0.717) is 32.6 Å². The van der Waals surface area contributed by atoms with E-state index in [4.69, 9.17) is 5.73 Å². The Bertz CT molecular complexity index is 1230. The Balaban J connectivity index is 1.54. The van der Waals surface area contributed by atoms with Crippen LogP contribution in [-0.2, 0) is 25.9 Å². The summed E-state index contributed by atoms with van der Waals surface area (Å²) in [7, 11) is 0. The fourth-order valence-corrected chi connectivity index (χ4v) is 5.85. The lowest BCUT2D eigenvalue weighted by Gasteiger charge is -2.35. The van der Waals surface area contributed by atoms with Crippen molar-refractivity contribution in [3.63, 3.8) is 0 Å². The highest BCUT2D eigenvalue weighted by atomic mass is 16.3. The van der Waals surface area contributed by atoms with Gasteiger partial charge in [-0.15, -0.1) is 0 Å². The summed E-state index contributed by atoms with van der Waals surface area (Å²) in [6.45, 7) is 4.00. The molecule has 1 saturated heterocycles. The summed E-state index contributed by atoms with van der Waals surface area (Å²) in [6, 6.07) is 36.5. The molecule has 39 heavy (non-hydrogen) atoms. The molecule has 4 N–H and O–H groups in total. The van der Waals surface area contributed by atoms with E-state index in [1.807, 2.05) is 54.6 Å². The third-order valence-corrected chi connectivity index (χ3v) is 7.82. The molecule has 0 saturated carbocycles. The first-order valence-corrected chi connectivity index (χ1v) is 13.8. The molecular weight excluding hydrogens is 482 g/mol. The van der Waals surface area contributed by atoms with Crippen molar-refractivity contribution in [3.8, 4) is 0 Å². The summed E-state index contributed by atoms with van der Waals surface area (Å²) in [4.78, 5) is 4.66. The van der Waals surface area contributed by atoms with Gasteiger partial charge in [-0.05, 0) is 54.2 Å². The van der Waals surface area contributed by atoms with E-state index >= 15 is 0 Å². The Hall–Kier alpha value is -3.48. The fourth-order valence-electron chi connectivity index (χ4n) is 5.85. The van der Waals surface area contributed by atoms with Crippen LogP contribution in [0.4, 0.5) is 5.69 Å². The molecule has 1 fully saturated rings. The quantitative estimate of drug-likeness (QED) is 0.291. The molecule has 4 aromatic rings. The number of nitrogens with two attached hydrogens (primary N) is 1. The van der Waals surface area contributed by atoms with Crippen LogP contribution in [0.25, 0.3) is 0 Å². The van der Waals surface area contributed by atoms with Gasteiger partial charge in [-0.2, -0.15) is 0 Å². The normalized spacial score (nSPS) is 22.4. The number of aliphatic hydroxyl groups excluding tert-OH is 2. The van der Waals surface area contributed by atoms with Crippen molar-refractivity contribution in [2.24, 2.45) is 0 Å². The lowest BCUT2D eigenvalue weighted by molar-refractivity contribution is -0.0408. The predicted octanol–water partition coefficient (Wildman–Crippen LogP) is 4.80. The van der Waals surface area contributed by atoms with Crippen molar-refractivity contribution < 1.29 is 10.2 Å². The fraction of sp³-hybridized carbons (Fsp3) is 0.294. The predicted molar refractivity (Wildman–Crippen MR) is 158 cm³/mol. The molecule has 0 spiro atoms. The van der Waals surface area contributed by atoms with Crippen molar-refractivity contribution >= 4 is 5.69 Å². The second-order valence-corrected chi connectivity index (χ2v) is 10.9. The lowest BCUT2D eigenvalue weighted by atomic mass is 9.91. The number of aryl methyl sites for hydroxylation is 1. The van der Waals surface area contributed by atoms with Gasteiger partial charge in [0.25, 0.3) is 0 Å². The minimum absolute atomic E-state index is 0.257. The SMILES string of the molecule is Cc1cccc(CN2CN(Cc3cccc(N)c3)C(Cc3ccccc3)C(O)C(O)C2Cc2ccccc2)c1. The van der Waals surface area contributed by atoms with Crippen LogP contribution in [0.2, 0.25) is 0 Å². The molecule has 1 aliphatic rings. The van der Waals surface area contributed by atoms with Crippen LogP contribution in [0.3, 0.4) is 0 Å². The maximum atomic E-state index is 11.8. The van der Waals surface area contributed by atoms with E-state index in [9.17, 15) is 10.2 Å². The maximum absolute atomic E-state index is 11.8. The van der Waals surface area contributed by atoms with Crippen molar-refractivity contribution in [3.05, 3.63) is 137 Å². The summed E-state index contributed by atoms with van der Waals surface area (Å²) in [6.07, 6.45) is -0.565. The standard InChI is InChI=1S/C34H39N3O2/c1-25-10-8-15-28(18-25)22-36-24-37(23-29-16-9-17-30(35)19-29)32(21-27-13-6-3-7-14-27)34(39)33(38)31(36)20-26-11-4-2-5-12-26/h2-19,31-34,38-39H,20-24,35H2,1H3. The second kappa shape index (κ2) is 12.6. The van der Waals surface area contributed by atoms with Crippen LogP contribution in [0.1, 0.15) is 27.8 Å². The number of rotatable bonds is 8. The second-order valence-electron chi connectivity index (χ2n) is 10.9. The van der Waals surface area contributed by atoms with Gasteiger partial charge < -0.3 is 15.9 Å². The number of anilines is 1. The molecule has 5 rings (SSSR count). The van der Waals surface area contributed by atoms with Crippen molar-refractivity contribution in [2.45, 2.75) is 57.1 Å². The molecule has 0 amide bonds. The van der Waals surface area contributed by atoms with E-state index in [0.717, 1.165) is 22.4 Å². The number of nitrogens with zero attached hydrogens (tertiary/aromatic N) is 2. The maximum Gasteiger partial charge on any atom is 0.0973 e. The monoisotopic (exact) mass is 521 g/mol. The van der Waals surface area contributed by atoms with Crippen LogP contribution in [0, 0.1) is 6.92 Å². The van der Waals surface area contributed by atoms with Gasteiger partial charge in [-0.1, -0.05) is 103 Å². The molecular formula is C34H39N3O2. The Morgan fingerprint density at radius 1 is 0.615 bits per heavy atom. The lowest BCUT2D eigenvalue weighted by Crippen LogP contribution is -2.50. The first-order chi connectivity index (χ1) is 19.0. The molecule has 4 aromatic carbocycles. The highest BCUT2D eigenvalue weighted by Crippen LogP contribution is 2.29. The van der Waals surface area contributed by atoms with E-state index < -0.39 is 12.2 Å². The van der Waals surface area contributed by atoms with Gasteiger partial charge in [-0.25, -0.2) is 0 Å². The topological polar surface area (TPSA) is 73.0 Å². The van der Waals surface area contributed by atoms with Gasteiger partial charge >= 0.3 is 0 Å². The van der Waals surface area contributed by atoms with E-state index in [2.05, 4.69) is 71.3 Å². The molecule has 1 heterocycles. The zero-order valence-electron chi connectivity index (χ0n) is 22.6. The first-order valence-electron chi connectivity index (χ1n) is 13.8. The van der Waals surface area contributed by atoms with Gasteiger partial charge in [0.1, 0.15) is 0 Å². The van der Waals surface area contributed by atoms with Crippen LogP contribution < -0.4 is 5.73 Å². The number of hydrogen-bond donors (Lipinski definition) is 3. The van der Waals surface area contributed by atoms with Crippen LogP contribution in [0.5, 0.6) is 0 Å². The summed E-state index contributed by atoms with van der Waals surface area (Å²) in [5, 5.41) is 23.6. The highest BCUT2D eigenvalue weighted by Gasteiger charge is 2.42. The molecule has 1 aliphatic heterocycles. The smallest absolute Gasteiger partial charge is 0.0973 e. The van der Waals surface area contributed by atoms with Crippen LogP contribution >= 0.6 is 0 Å². The van der Waals surface area contributed by atoms with E-state index in [-0.39, 0.29) is 12.1 Å². The van der Waals surface area contributed by atoms with Crippen LogP contribution in [-0.4, -0.2) is 51.0 Å². The Morgan fingerprint density at radius 3 is 1.56 bits per heavy atom. The average Bonchev–Trinajstić information content (AvgIpc) is 3.01. The Kier molecular flexibility index (Phi) is 8.74. The van der Waals surface area contributed by atoms with Gasteiger partial charge in [0, 0.05) is 30.9 Å². The van der Waals surface area contributed by atoms with Gasteiger partial charge in [-0.3, -0.25) is 9.80 Å². The Morgan fingerprint density at radius 2 is 1.08 bits per heavy atom. The molecule has 5 nitrogen and oxygen atoms in total. The number of hydrogen-bond acceptors (Lipinski definition) is 5. The third kappa shape index (κ3) is 6.94. The van der Waals surface area contributed by atoms with Gasteiger partial charge in [0.15, 0.2) is 0 Å². The zero-order valence-corrected chi connectivity index (χ0v) is 22.6. The molecule has 202 valence electrons. The van der Waals surface area contributed by atoms with Crippen LogP contribution in [0.15, 0.2) is 109 Å². The minimum Gasteiger partial charge on any atom is -0.399 e. The summed E-state index contributed by atoms with van der Waals surface area (Å²) in [5.41, 5.74) is 12.6. The summed E-state index contributed by atoms with van der Waals surface area (Å²) in [5.74, 6) is 0. The highest BCUT2D eigenvalue weighted by molar-refractivity contribution is 5.40. The number of nitrogen functional groups attached to an aromatic ring is 1. The molecule has 4 atom stereocenters. The van der Waals surface area contributed by atoms with E-state index in [1.54, 1.807) is 0 Å². The third-order valence-electron chi connectivity index (χ3n) is 7.82. The molecule has 0 bridgehead atoms. The Labute approximate surface area is 232 Å². The molecule has 0 aromatic heterocycles. The summed E-state index contributed by atoms with van der Waals surface area (Å²) >= 11 is 0. The number of aliphatic hydroxyl groups is 2. The van der Waals surface area contributed by atoms with E-state index in [1.165, 1.54) is 11.1 Å². The zero-order chi connectivity index (χ0) is 27.2. The molecule has 5 heteroatoms. The van der Waals surface area contributed by atoms with Gasteiger partial charge in [0.2, 0.25) is 0 Å². The van der Waals surface area contributed by atoms with Gasteiger partial charge in [0.05, 0.1) is 18.9 Å². The van der Waals surface area contributed by atoms with Crippen molar-refractivity contribution in [1.82, 2.24) is 9.80 Å². The number of benzene rings is 4. The largest absolute Gasteiger partial charge is 0.399 e. The first kappa shape index (κ1) is 27.1. The molecule has 0 aliphatic carbocycles.